The topological polar surface area (TPSA) is 61.8 Å². The molecule has 3 atom stereocenters. The molecule has 5 nitrogen and oxygen atoms in total. The number of ether oxygens (including phenoxy) is 1. The Bertz CT molecular complexity index is 531. The van der Waals surface area contributed by atoms with Gasteiger partial charge in [0.05, 0.1) is 24.9 Å². The molecule has 2 rings (SSSR count). The fraction of sp³-hybridized carbons (Fsp3) is 0.588. The lowest BCUT2D eigenvalue weighted by Gasteiger charge is -2.24. The second kappa shape index (κ2) is 7.11. The largest absolute Gasteiger partial charge is 0.495 e. The van der Waals surface area contributed by atoms with Gasteiger partial charge in [-0.2, -0.15) is 0 Å². The molecule has 1 fully saturated rings. The number of likely N-dealkylation sites (tertiary alicyclic amines) is 1. The zero-order chi connectivity index (χ0) is 16.3. The summed E-state index contributed by atoms with van der Waals surface area (Å²) in [6.45, 7) is 7.30. The van der Waals surface area contributed by atoms with Crippen LogP contribution in [0.1, 0.15) is 25.8 Å². The molecule has 1 saturated heterocycles. The molecule has 1 heterocycles. The third-order valence-electron chi connectivity index (χ3n) is 4.48. The Morgan fingerprint density at radius 2 is 2.18 bits per heavy atom. The van der Waals surface area contributed by atoms with Gasteiger partial charge in [-0.1, -0.05) is 6.07 Å². The number of carbonyl (C=O) groups is 1. The zero-order valence-corrected chi connectivity index (χ0v) is 13.8. The van der Waals surface area contributed by atoms with E-state index in [-0.39, 0.29) is 24.0 Å². The highest BCUT2D eigenvalue weighted by Crippen LogP contribution is 2.26. The molecule has 5 heteroatoms. The van der Waals surface area contributed by atoms with Gasteiger partial charge in [-0.3, -0.25) is 9.69 Å². The fourth-order valence-corrected chi connectivity index (χ4v) is 2.88. The van der Waals surface area contributed by atoms with E-state index >= 15 is 0 Å². The van der Waals surface area contributed by atoms with Crippen LogP contribution in [0.5, 0.6) is 5.75 Å². The van der Waals surface area contributed by atoms with Crippen molar-refractivity contribution < 1.29 is 14.6 Å². The number of hydrogen-bond donors (Lipinski definition) is 2. The first kappa shape index (κ1) is 16.8. The predicted octanol–water partition coefficient (Wildman–Crippen LogP) is 2.03. The SMILES string of the molecule is COc1ccc(C)cc1NC(=O)C(C)N1CCC(C(C)O)C1. The van der Waals surface area contributed by atoms with Crippen LogP contribution in [0.2, 0.25) is 0 Å². The lowest BCUT2D eigenvalue weighted by Crippen LogP contribution is -2.41. The van der Waals surface area contributed by atoms with E-state index in [9.17, 15) is 9.90 Å². The van der Waals surface area contributed by atoms with Gasteiger partial charge >= 0.3 is 0 Å². The number of hydrogen-bond acceptors (Lipinski definition) is 4. The minimum absolute atomic E-state index is 0.0462. The molecule has 122 valence electrons. The van der Waals surface area contributed by atoms with Crippen LogP contribution < -0.4 is 10.1 Å². The lowest BCUT2D eigenvalue weighted by atomic mass is 10.0. The molecule has 3 unspecified atom stereocenters. The number of nitrogens with zero attached hydrogens (tertiary/aromatic N) is 1. The highest BCUT2D eigenvalue weighted by atomic mass is 16.5. The first-order valence-corrected chi connectivity index (χ1v) is 7.80. The molecular weight excluding hydrogens is 280 g/mol. The highest BCUT2D eigenvalue weighted by molar-refractivity contribution is 5.96. The van der Waals surface area contributed by atoms with Gasteiger partial charge in [0.2, 0.25) is 5.91 Å². The van der Waals surface area contributed by atoms with Crippen molar-refractivity contribution in [2.75, 3.05) is 25.5 Å². The number of benzene rings is 1. The van der Waals surface area contributed by atoms with Crippen molar-refractivity contribution in [3.63, 3.8) is 0 Å². The molecule has 22 heavy (non-hydrogen) atoms. The summed E-state index contributed by atoms with van der Waals surface area (Å²) < 4.78 is 5.29. The number of nitrogens with one attached hydrogen (secondary N) is 1. The number of aliphatic hydroxyl groups is 1. The average molecular weight is 306 g/mol. The smallest absolute Gasteiger partial charge is 0.241 e. The monoisotopic (exact) mass is 306 g/mol. The summed E-state index contributed by atoms with van der Waals surface area (Å²) in [5, 5.41) is 12.6. The van der Waals surface area contributed by atoms with E-state index in [4.69, 9.17) is 4.74 Å². The molecule has 0 saturated carbocycles. The second-order valence-corrected chi connectivity index (χ2v) is 6.15. The zero-order valence-electron chi connectivity index (χ0n) is 13.8. The maximum absolute atomic E-state index is 12.5. The molecule has 1 aliphatic rings. The average Bonchev–Trinajstić information content (AvgIpc) is 2.96. The van der Waals surface area contributed by atoms with Gasteiger partial charge in [-0.05, 0) is 57.4 Å². The van der Waals surface area contributed by atoms with Gasteiger partial charge < -0.3 is 15.2 Å². The van der Waals surface area contributed by atoms with Crippen molar-refractivity contribution in [1.29, 1.82) is 0 Å². The van der Waals surface area contributed by atoms with Crippen LogP contribution >= 0.6 is 0 Å². The number of carbonyl (C=O) groups excluding carboxylic acids is 1. The Labute approximate surface area is 132 Å². The Kier molecular flexibility index (Phi) is 5.42. The minimum Gasteiger partial charge on any atom is -0.495 e. The van der Waals surface area contributed by atoms with Crippen molar-refractivity contribution in [3.05, 3.63) is 23.8 Å². The molecule has 1 aliphatic heterocycles. The first-order valence-electron chi connectivity index (χ1n) is 7.80. The normalized spacial score (nSPS) is 21.4. The van der Waals surface area contributed by atoms with Crippen molar-refractivity contribution in [1.82, 2.24) is 4.90 Å². The summed E-state index contributed by atoms with van der Waals surface area (Å²) in [7, 11) is 1.59. The number of amides is 1. The van der Waals surface area contributed by atoms with Crippen LogP contribution in [0.25, 0.3) is 0 Å². The van der Waals surface area contributed by atoms with E-state index in [0.717, 1.165) is 25.1 Å². The van der Waals surface area contributed by atoms with Crippen LogP contribution in [0.15, 0.2) is 18.2 Å². The molecule has 1 aromatic carbocycles. The lowest BCUT2D eigenvalue weighted by molar-refractivity contribution is -0.120. The maximum atomic E-state index is 12.5. The number of rotatable bonds is 5. The van der Waals surface area contributed by atoms with E-state index in [0.29, 0.717) is 11.4 Å². The van der Waals surface area contributed by atoms with Crippen molar-refractivity contribution in [2.24, 2.45) is 5.92 Å². The number of methoxy groups -OCH3 is 1. The molecule has 1 aromatic rings. The third-order valence-corrected chi connectivity index (χ3v) is 4.48. The minimum atomic E-state index is -0.322. The molecule has 0 spiro atoms. The number of aliphatic hydroxyl groups excluding tert-OH is 1. The van der Waals surface area contributed by atoms with E-state index in [2.05, 4.69) is 10.2 Å². The van der Waals surface area contributed by atoms with Crippen LogP contribution in [0.3, 0.4) is 0 Å². The van der Waals surface area contributed by atoms with Crippen LogP contribution in [0.4, 0.5) is 5.69 Å². The van der Waals surface area contributed by atoms with E-state index in [1.807, 2.05) is 39.0 Å². The van der Waals surface area contributed by atoms with E-state index in [1.165, 1.54) is 0 Å². The van der Waals surface area contributed by atoms with Crippen molar-refractivity contribution in [2.45, 2.75) is 39.3 Å². The highest BCUT2D eigenvalue weighted by Gasteiger charge is 2.31. The molecule has 0 radical (unpaired) electrons. The predicted molar refractivity (Wildman–Crippen MR) is 87.2 cm³/mol. The van der Waals surface area contributed by atoms with E-state index in [1.54, 1.807) is 7.11 Å². The first-order chi connectivity index (χ1) is 10.4. The molecule has 0 aromatic heterocycles. The van der Waals surface area contributed by atoms with Crippen LogP contribution in [-0.2, 0) is 4.79 Å². The molecule has 2 N–H and O–H groups in total. The van der Waals surface area contributed by atoms with Gasteiger partial charge in [0, 0.05) is 6.54 Å². The summed E-state index contributed by atoms with van der Waals surface area (Å²) in [5.41, 5.74) is 1.77. The Morgan fingerprint density at radius 1 is 1.45 bits per heavy atom. The summed E-state index contributed by atoms with van der Waals surface area (Å²) in [5.74, 6) is 0.869. The van der Waals surface area contributed by atoms with Gasteiger partial charge in [0.15, 0.2) is 0 Å². The van der Waals surface area contributed by atoms with Crippen LogP contribution in [0, 0.1) is 12.8 Å². The third kappa shape index (κ3) is 3.78. The van der Waals surface area contributed by atoms with Crippen LogP contribution in [-0.4, -0.2) is 48.3 Å². The summed E-state index contributed by atoms with van der Waals surface area (Å²) in [6, 6.07) is 5.49. The Hall–Kier alpha value is -1.59. The quantitative estimate of drug-likeness (QED) is 0.874. The van der Waals surface area contributed by atoms with Gasteiger partial charge in [-0.15, -0.1) is 0 Å². The number of anilines is 1. The Morgan fingerprint density at radius 3 is 2.77 bits per heavy atom. The van der Waals surface area contributed by atoms with Gasteiger partial charge in [0.25, 0.3) is 0 Å². The number of aryl methyl sites for hydroxylation is 1. The Balaban J connectivity index is 2.02. The van der Waals surface area contributed by atoms with Crippen molar-refractivity contribution in [3.8, 4) is 5.75 Å². The van der Waals surface area contributed by atoms with Crippen molar-refractivity contribution >= 4 is 11.6 Å². The molecule has 1 amide bonds. The molecule has 0 bridgehead atoms. The summed E-state index contributed by atoms with van der Waals surface area (Å²) >= 11 is 0. The fourth-order valence-electron chi connectivity index (χ4n) is 2.88. The molecular formula is C17H26N2O3. The summed E-state index contributed by atoms with van der Waals surface area (Å²) in [4.78, 5) is 14.6. The molecule has 0 aliphatic carbocycles. The maximum Gasteiger partial charge on any atom is 0.241 e. The second-order valence-electron chi connectivity index (χ2n) is 6.15. The van der Waals surface area contributed by atoms with Gasteiger partial charge in [-0.25, -0.2) is 0 Å². The van der Waals surface area contributed by atoms with Gasteiger partial charge in [0.1, 0.15) is 5.75 Å². The summed E-state index contributed by atoms with van der Waals surface area (Å²) in [6.07, 6.45) is 0.611. The standard InChI is InChI=1S/C17H26N2O3/c1-11-5-6-16(22-4)15(9-11)18-17(21)12(2)19-8-7-14(10-19)13(3)20/h5-6,9,12-14,20H,7-8,10H2,1-4H3,(H,18,21). The van der Waals surface area contributed by atoms with E-state index < -0.39 is 0 Å².